The molecule has 1 saturated heterocycles. The predicted molar refractivity (Wildman–Crippen MR) is 113 cm³/mol. The molecule has 0 aliphatic carbocycles. The van der Waals surface area contributed by atoms with E-state index in [0.29, 0.717) is 19.0 Å². The standard InChI is InChI=1S/C23H26ClFN2O2/c1-15-9-21(10-16(2)23(15)24)29-14-26-11-17(3)27(22(13-28)18(26)4)12-19-5-7-20(25)8-6-19/h5-10,17-18H,11-12,14H2,1-4H3/t17-,18+/m1/s1. The van der Waals surface area contributed by atoms with Crippen LogP contribution in [0.25, 0.3) is 0 Å². The molecule has 0 spiro atoms. The highest BCUT2D eigenvalue weighted by atomic mass is 35.5. The third-order valence-electron chi connectivity index (χ3n) is 5.46. The van der Waals surface area contributed by atoms with Crippen LogP contribution >= 0.6 is 11.6 Å². The van der Waals surface area contributed by atoms with Gasteiger partial charge < -0.3 is 9.64 Å². The molecule has 4 nitrogen and oxygen atoms in total. The van der Waals surface area contributed by atoms with Gasteiger partial charge in [-0.3, -0.25) is 4.90 Å². The molecule has 6 heteroatoms. The zero-order chi connectivity index (χ0) is 21.1. The average Bonchev–Trinajstić information content (AvgIpc) is 2.69. The van der Waals surface area contributed by atoms with Crippen LogP contribution < -0.4 is 4.74 Å². The van der Waals surface area contributed by atoms with Crippen LogP contribution in [0.1, 0.15) is 30.5 Å². The molecule has 1 heterocycles. The number of aryl methyl sites for hydroxylation is 2. The molecule has 2 atom stereocenters. The lowest BCUT2D eigenvalue weighted by molar-refractivity contribution is 0.0285. The van der Waals surface area contributed by atoms with Crippen LogP contribution in [0.3, 0.4) is 0 Å². The predicted octanol–water partition coefficient (Wildman–Crippen LogP) is 4.74. The number of ether oxygens (including phenoxy) is 1. The Hall–Kier alpha value is -2.33. The fourth-order valence-electron chi connectivity index (χ4n) is 3.73. The van der Waals surface area contributed by atoms with Gasteiger partial charge in [0.2, 0.25) is 0 Å². The second-order valence-corrected chi connectivity index (χ2v) is 8.06. The summed E-state index contributed by atoms with van der Waals surface area (Å²) in [6, 6.07) is 10.2. The van der Waals surface area contributed by atoms with Crippen molar-refractivity contribution in [2.24, 2.45) is 0 Å². The minimum Gasteiger partial charge on any atom is -0.478 e. The maximum atomic E-state index is 13.2. The number of carbonyl (C=O) groups excluding carboxylic acids is 1. The molecule has 0 unspecified atom stereocenters. The van der Waals surface area contributed by atoms with E-state index in [1.54, 1.807) is 12.1 Å². The van der Waals surface area contributed by atoms with Crippen molar-refractivity contribution < 1.29 is 13.9 Å². The summed E-state index contributed by atoms with van der Waals surface area (Å²) in [6.45, 7) is 9.59. The van der Waals surface area contributed by atoms with Gasteiger partial charge in [-0.2, -0.15) is 0 Å². The molecule has 1 aliphatic rings. The van der Waals surface area contributed by atoms with Crippen molar-refractivity contribution in [1.29, 1.82) is 0 Å². The van der Waals surface area contributed by atoms with Crippen molar-refractivity contribution in [3.05, 3.63) is 69.6 Å². The van der Waals surface area contributed by atoms with Gasteiger partial charge in [0, 0.05) is 24.2 Å². The van der Waals surface area contributed by atoms with E-state index in [-0.39, 0.29) is 17.9 Å². The van der Waals surface area contributed by atoms with Crippen molar-refractivity contribution in [3.8, 4) is 5.75 Å². The highest BCUT2D eigenvalue weighted by Gasteiger charge is 2.34. The second-order valence-electron chi connectivity index (χ2n) is 7.68. The van der Waals surface area contributed by atoms with Crippen molar-refractivity contribution in [2.45, 2.75) is 46.3 Å². The van der Waals surface area contributed by atoms with Crippen LogP contribution in [0.5, 0.6) is 5.75 Å². The normalized spacial score (nSPS) is 19.9. The highest BCUT2D eigenvalue weighted by Crippen LogP contribution is 2.28. The first kappa shape index (κ1) is 21.4. The Balaban J connectivity index is 1.71. The van der Waals surface area contributed by atoms with Crippen LogP contribution in [0.2, 0.25) is 5.02 Å². The van der Waals surface area contributed by atoms with E-state index < -0.39 is 0 Å². The number of nitrogens with zero attached hydrogens (tertiary/aromatic N) is 2. The molecule has 2 aromatic rings. The summed E-state index contributed by atoms with van der Waals surface area (Å²) in [6.07, 6.45) is 0. The molecule has 2 aromatic carbocycles. The summed E-state index contributed by atoms with van der Waals surface area (Å²) in [5, 5.41) is 0.750. The fourth-order valence-corrected chi connectivity index (χ4v) is 3.84. The van der Waals surface area contributed by atoms with Crippen LogP contribution in [0, 0.1) is 19.7 Å². The van der Waals surface area contributed by atoms with Gasteiger partial charge in [0.1, 0.15) is 29.9 Å². The van der Waals surface area contributed by atoms with E-state index in [9.17, 15) is 9.18 Å². The van der Waals surface area contributed by atoms with Crippen LogP contribution in [-0.4, -0.2) is 41.1 Å². The quantitative estimate of drug-likeness (QED) is 0.659. The summed E-state index contributed by atoms with van der Waals surface area (Å²) in [4.78, 5) is 15.9. The molecule has 0 N–H and O–H groups in total. The first-order valence-electron chi connectivity index (χ1n) is 9.69. The zero-order valence-electron chi connectivity index (χ0n) is 17.2. The molecular formula is C23H26ClFN2O2. The van der Waals surface area contributed by atoms with E-state index >= 15 is 0 Å². The molecule has 0 bridgehead atoms. The molecule has 0 aromatic heterocycles. The van der Waals surface area contributed by atoms with Crippen molar-refractivity contribution in [3.63, 3.8) is 0 Å². The Morgan fingerprint density at radius 1 is 1.17 bits per heavy atom. The first-order valence-corrected chi connectivity index (χ1v) is 10.1. The van der Waals surface area contributed by atoms with Gasteiger partial charge in [0.15, 0.2) is 0 Å². The summed E-state index contributed by atoms with van der Waals surface area (Å²) >= 11 is 6.23. The number of hydrogen-bond acceptors (Lipinski definition) is 4. The molecule has 154 valence electrons. The maximum absolute atomic E-state index is 13.2. The Morgan fingerprint density at radius 2 is 1.79 bits per heavy atom. The summed E-state index contributed by atoms with van der Waals surface area (Å²) < 4.78 is 19.2. The Morgan fingerprint density at radius 3 is 2.38 bits per heavy atom. The number of piperazine rings is 1. The van der Waals surface area contributed by atoms with Gasteiger partial charge in [-0.25, -0.2) is 9.18 Å². The topological polar surface area (TPSA) is 32.8 Å². The molecule has 1 fully saturated rings. The van der Waals surface area contributed by atoms with E-state index in [1.807, 2.05) is 37.8 Å². The van der Waals surface area contributed by atoms with Crippen molar-refractivity contribution >= 4 is 17.5 Å². The highest BCUT2D eigenvalue weighted by molar-refractivity contribution is 6.32. The Kier molecular flexibility index (Phi) is 6.63. The maximum Gasteiger partial charge on any atom is 0.147 e. The summed E-state index contributed by atoms with van der Waals surface area (Å²) in [5.41, 5.74) is 3.48. The van der Waals surface area contributed by atoms with Gasteiger partial charge in [0.05, 0.1) is 6.04 Å². The third-order valence-corrected chi connectivity index (χ3v) is 6.06. The fraction of sp³-hybridized carbons (Fsp3) is 0.391. The number of benzene rings is 2. The SMILES string of the molecule is Cc1cc(OCN2C[C@@H](C)N(Cc3ccc(F)cc3)C(=C=O)[C@@H]2C)cc(C)c1Cl. The minimum absolute atomic E-state index is 0.0880. The van der Waals surface area contributed by atoms with E-state index in [2.05, 4.69) is 17.8 Å². The second kappa shape index (κ2) is 9.00. The van der Waals surface area contributed by atoms with Gasteiger partial charge in [0.25, 0.3) is 0 Å². The van der Waals surface area contributed by atoms with E-state index in [0.717, 1.165) is 34.0 Å². The largest absolute Gasteiger partial charge is 0.478 e. The molecular weight excluding hydrogens is 391 g/mol. The average molecular weight is 417 g/mol. The molecule has 3 rings (SSSR count). The van der Waals surface area contributed by atoms with Crippen LogP contribution in [0.4, 0.5) is 4.39 Å². The van der Waals surface area contributed by atoms with E-state index in [4.69, 9.17) is 16.3 Å². The number of halogens is 2. The number of hydrogen-bond donors (Lipinski definition) is 0. The summed E-state index contributed by atoms with van der Waals surface area (Å²) in [5.74, 6) is 2.61. The summed E-state index contributed by atoms with van der Waals surface area (Å²) in [7, 11) is 0. The van der Waals surface area contributed by atoms with Gasteiger partial charge in [-0.15, -0.1) is 0 Å². The lowest BCUT2D eigenvalue weighted by Gasteiger charge is -2.45. The molecule has 0 saturated carbocycles. The van der Waals surface area contributed by atoms with Gasteiger partial charge in [-0.1, -0.05) is 23.7 Å². The third kappa shape index (κ3) is 4.81. The molecule has 29 heavy (non-hydrogen) atoms. The zero-order valence-corrected chi connectivity index (χ0v) is 18.0. The number of rotatable bonds is 5. The lowest BCUT2D eigenvalue weighted by Crippen LogP contribution is -2.55. The monoisotopic (exact) mass is 416 g/mol. The van der Waals surface area contributed by atoms with Crippen LogP contribution in [-0.2, 0) is 11.3 Å². The Bertz CT molecular complexity index is 902. The van der Waals surface area contributed by atoms with Crippen molar-refractivity contribution in [2.75, 3.05) is 13.3 Å². The molecule has 0 radical (unpaired) electrons. The van der Waals surface area contributed by atoms with Gasteiger partial charge >= 0.3 is 0 Å². The lowest BCUT2D eigenvalue weighted by atomic mass is 10.0. The minimum atomic E-state index is -0.268. The molecule has 1 aliphatic heterocycles. The Labute approximate surface area is 176 Å². The van der Waals surface area contributed by atoms with Crippen molar-refractivity contribution in [1.82, 2.24) is 9.80 Å². The van der Waals surface area contributed by atoms with Crippen LogP contribution in [0.15, 0.2) is 42.1 Å². The van der Waals surface area contributed by atoms with Gasteiger partial charge in [-0.05, 0) is 68.7 Å². The van der Waals surface area contributed by atoms with E-state index in [1.165, 1.54) is 12.1 Å². The molecule has 0 amide bonds. The smallest absolute Gasteiger partial charge is 0.147 e. The first-order chi connectivity index (χ1) is 13.8.